The molecule has 0 amide bonds. The maximum atomic E-state index is 12.1. The second-order valence-electron chi connectivity index (χ2n) is 9.74. The van der Waals surface area contributed by atoms with Crippen molar-refractivity contribution >= 4 is 46.8 Å². The Bertz CT molecular complexity index is 1080. The summed E-state index contributed by atoms with van der Waals surface area (Å²) in [6.07, 6.45) is 7.29. The topological polar surface area (TPSA) is 109 Å². The lowest BCUT2D eigenvalue weighted by atomic mass is 9.87. The number of aliphatic carboxylic acids is 2. The molecule has 0 aliphatic heterocycles. The Balaban J connectivity index is 2.08. The average Bonchev–Trinajstić information content (AvgIpc) is 2.71. The Labute approximate surface area is 207 Å². The van der Waals surface area contributed by atoms with E-state index in [1.807, 2.05) is 12.2 Å². The van der Waals surface area contributed by atoms with Gasteiger partial charge in [0.15, 0.2) is 10.9 Å². The van der Waals surface area contributed by atoms with Gasteiger partial charge in [-0.05, 0) is 90.5 Å². The van der Waals surface area contributed by atoms with Gasteiger partial charge in [0.1, 0.15) is 0 Å². The van der Waals surface area contributed by atoms with Crippen LogP contribution in [0.2, 0.25) is 0 Å². The highest BCUT2D eigenvalue weighted by Crippen LogP contribution is 2.26. The molecule has 2 aromatic heterocycles. The molecule has 0 saturated heterocycles. The van der Waals surface area contributed by atoms with Gasteiger partial charge in [0, 0.05) is 31.6 Å². The predicted octanol–water partition coefficient (Wildman–Crippen LogP) is 5.57. The third kappa shape index (κ3) is 8.65. The minimum atomic E-state index is -0.829. The van der Waals surface area contributed by atoms with Crippen LogP contribution in [0.3, 0.4) is 0 Å². The van der Waals surface area contributed by atoms with Gasteiger partial charge in [0.05, 0.1) is 10.8 Å². The van der Waals surface area contributed by atoms with Crippen molar-refractivity contribution in [3.63, 3.8) is 0 Å². The molecule has 0 spiro atoms. The first-order chi connectivity index (χ1) is 15.8. The fourth-order valence-corrected chi connectivity index (χ4v) is 5.37. The highest BCUT2D eigenvalue weighted by Gasteiger charge is 2.27. The Morgan fingerprint density at radius 1 is 0.735 bits per heavy atom. The van der Waals surface area contributed by atoms with Crippen molar-refractivity contribution in [3.05, 3.63) is 64.2 Å². The number of hydrogen-bond acceptors (Lipinski definition) is 6. The molecule has 0 radical (unpaired) electrons. The van der Waals surface area contributed by atoms with Crippen molar-refractivity contribution in [1.82, 2.24) is 0 Å². The number of rotatable bonds is 12. The van der Waals surface area contributed by atoms with Crippen LogP contribution in [0.5, 0.6) is 0 Å². The van der Waals surface area contributed by atoms with Crippen molar-refractivity contribution in [1.29, 1.82) is 0 Å². The first-order valence-corrected chi connectivity index (χ1v) is 12.8. The van der Waals surface area contributed by atoms with Crippen LogP contribution in [0.25, 0.3) is 12.2 Å². The minimum Gasteiger partial charge on any atom is -0.481 e. The van der Waals surface area contributed by atoms with Crippen LogP contribution < -0.4 is 10.9 Å². The zero-order chi connectivity index (χ0) is 25.5. The van der Waals surface area contributed by atoms with E-state index in [2.05, 4.69) is 0 Å². The van der Waals surface area contributed by atoms with E-state index in [4.69, 9.17) is 0 Å². The smallest absolute Gasteiger partial charge is 0.309 e. The van der Waals surface area contributed by atoms with E-state index in [-0.39, 0.29) is 10.9 Å². The van der Waals surface area contributed by atoms with Crippen LogP contribution in [0, 0.1) is 10.8 Å². The van der Waals surface area contributed by atoms with E-state index in [1.54, 1.807) is 52.0 Å². The number of carbonyl (C=O) groups is 2. The Morgan fingerprint density at radius 3 is 1.41 bits per heavy atom. The zero-order valence-electron chi connectivity index (χ0n) is 20.1. The standard InChI is InChI=1S/C26H32O6S2/c1-25(2,23(29)30)11-5-7-19-13-17(27)15-21(33-19)9-10-22-16-18(28)14-20(34-22)8-6-12-26(3,4)24(31)32/h9-10,13-16H,5-8,11-12H2,1-4H3,(H,29,30)(H,31,32)/b10-9+. The van der Waals surface area contributed by atoms with E-state index in [0.717, 1.165) is 19.5 Å². The molecule has 0 aromatic carbocycles. The molecular formula is C26H32O6S2. The van der Waals surface area contributed by atoms with Gasteiger partial charge >= 0.3 is 11.9 Å². The molecule has 0 saturated carbocycles. The molecule has 8 heteroatoms. The summed E-state index contributed by atoms with van der Waals surface area (Å²) >= 11 is 2.96. The maximum Gasteiger partial charge on any atom is 0.309 e. The number of aryl methyl sites for hydroxylation is 2. The molecule has 0 bridgehead atoms. The summed E-state index contributed by atoms with van der Waals surface area (Å²) in [5.41, 5.74) is -1.80. The lowest BCUT2D eigenvalue weighted by Gasteiger charge is -2.18. The zero-order valence-corrected chi connectivity index (χ0v) is 21.7. The molecule has 184 valence electrons. The largest absolute Gasteiger partial charge is 0.481 e. The lowest BCUT2D eigenvalue weighted by Crippen LogP contribution is -2.23. The molecule has 0 atom stereocenters. The van der Waals surface area contributed by atoms with Crippen molar-refractivity contribution < 1.29 is 19.8 Å². The van der Waals surface area contributed by atoms with Crippen LogP contribution >= 0.6 is 22.7 Å². The second kappa shape index (κ2) is 11.7. The van der Waals surface area contributed by atoms with Gasteiger partial charge in [-0.3, -0.25) is 19.2 Å². The summed E-state index contributed by atoms with van der Waals surface area (Å²) in [6, 6.07) is 6.28. The van der Waals surface area contributed by atoms with Crippen LogP contribution in [0.4, 0.5) is 0 Å². The first-order valence-electron chi connectivity index (χ1n) is 11.2. The van der Waals surface area contributed by atoms with Gasteiger partial charge < -0.3 is 10.2 Å². The minimum absolute atomic E-state index is 0.103. The summed E-state index contributed by atoms with van der Waals surface area (Å²) in [6.45, 7) is 6.79. The van der Waals surface area contributed by atoms with Crippen molar-refractivity contribution in [2.75, 3.05) is 0 Å². The van der Waals surface area contributed by atoms with E-state index in [9.17, 15) is 29.4 Å². The third-order valence-corrected chi connectivity index (χ3v) is 7.84. The van der Waals surface area contributed by atoms with Gasteiger partial charge in [0.25, 0.3) is 0 Å². The van der Waals surface area contributed by atoms with Gasteiger partial charge in [-0.25, -0.2) is 0 Å². The fraction of sp³-hybridized carbons (Fsp3) is 0.462. The van der Waals surface area contributed by atoms with Gasteiger partial charge in [-0.1, -0.05) is 0 Å². The summed E-state index contributed by atoms with van der Waals surface area (Å²) in [5.74, 6) is -1.66. The Kier molecular flexibility index (Phi) is 9.53. The fourth-order valence-electron chi connectivity index (χ4n) is 3.30. The molecule has 6 nitrogen and oxygen atoms in total. The average molecular weight is 505 g/mol. The molecule has 2 rings (SSSR count). The van der Waals surface area contributed by atoms with E-state index >= 15 is 0 Å². The Hall–Kier alpha value is -2.58. The normalized spacial score (nSPS) is 12.2. The highest BCUT2D eigenvalue weighted by molar-refractivity contribution is 7.13. The molecule has 2 heterocycles. The number of carboxylic acid groups (broad SMARTS) is 2. The monoisotopic (exact) mass is 504 g/mol. The van der Waals surface area contributed by atoms with Crippen molar-refractivity contribution in [2.24, 2.45) is 10.8 Å². The molecule has 0 fully saturated rings. The van der Waals surface area contributed by atoms with Gasteiger partial charge in [-0.15, -0.1) is 22.7 Å². The van der Waals surface area contributed by atoms with Crippen molar-refractivity contribution in [2.45, 2.75) is 66.2 Å². The van der Waals surface area contributed by atoms with Gasteiger partial charge in [-0.2, -0.15) is 0 Å². The third-order valence-electron chi connectivity index (χ3n) is 5.69. The van der Waals surface area contributed by atoms with E-state index in [0.29, 0.717) is 38.5 Å². The lowest BCUT2D eigenvalue weighted by molar-refractivity contribution is -0.148. The molecule has 0 aliphatic carbocycles. The van der Waals surface area contributed by atoms with Crippen LogP contribution in [0.1, 0.15) is 72.9 Å². The van der Waals surface area contributed by atoms with Crippen LogP contribution in [-0.2, 0) is 22.4 Å². The molecule has 0 aliphatic rings. The molecule has 0 unspecified atom stereocenters. The molecular weight excluding hydrogens is 472 g/mol. The second-order valence-corrected chi connectivity index (χ2v) is 12.1. The summed E-state index contributed by atoms with van der Waals surface area (Å²) in [7, 11) is 0. The maximum absolute atomic E-state index is 12.1. The van der Waals surface area contributed by atoms with Gasteiger partial charge in [0.2, 0.25) is 0 Å². The molecule has 34 heavy (non-hydrogen) atoms. The summed E-state index contributed by atoms with van der Waals surface area (Å²) < 4.78 is 0. The molecule has 2 aromatic rings. The Morgan fingerprint density at radius 2 is 1.09 bits per heavy atom. The highest BCUT2D eigenvalue weighted by atomic mass is 32.1. The number of hydrogen-bond donors (Lipinski definition) is 2. The number of carboxylic acids is 2. The van der Waals surface area contributed by atoms with E-state index in [1.165, 1.54) is 22.7 Å². The quantitative estimate of drug-likeness (QED) is 0.391. The van der Waals surface area contributed by atoms with Crippen molar-refractivity contribution in [3.8, 4) is 0 Å². The predicted molar refractivity (Wildman–Crippen MR) is 139 cm³/mol. The summed E-state index contributed by atoms with van der Waals surface area (Å²) in [4.78, 5) is 50.1. The van der Waals surface area contributed by atoms with Crippen LogP contribution in [-0.4, -0.2) is 22.2 Å². The molecule has 2 N–H and O–H groups in total. The summed E-state index contributed by atoms with van der Waals surface area (Å²) in [5, 5.41) is 18.5. The first kappa shape index (κ1) is 27.7. The van der Waals surface area contributed by atoms with Crippen LogP contribution in [0.15, 0.2) is 33.9 Å². The van der Waals surface area contributed by atoms with E-state index < -0.39 is 22.8 Å². The SMILES string of the molecule is CC(C)(CCCc1cc(=O)cc(/C=C/c2cc(=O)cc(CCCC(C)(C)C(=O)O)s2)s1)C(=O)O.